The Labute approximate surface area is 274 Å². The number of ether oxygens (including phenoxy) is 3. The zero-order valence-electron chi connectivity index (χ0n) is 28.2. The molecule has 2 aromatic carbocycles. The van der Waals surface area contributed by atoms with Crippen molar-refractivity contribution in [3.8, 4) is 11.5 Å². The van der Waals surface area contributed by atoms with E-state index >= 15 is 0 Å². The number of Topliss-reactive ketones (excluding diaryl/α,β-unsaturated/α-hetero) is 2. The van der Waals surface area contributed by atoms with Gasteiger partial charge >= 0.3 is 0 Å². The summed E-state index contributed by atoms with van der Waals surface area (Å²) in [5.41, 5.74) is 1.95. The maximum absolute atomic E-state index is 13.3. The summed E-state index contributed by atoms with van der Waals surface area (Å²) in [5.74, 6) is 0.0746. The number of rotatable bonds is 17. The van der Waals surface area contributed by atoms with Crippen LogP contribution in [0.3, 0.4) is 0 Å². The maximum Gasteiger partial charge on any atom is 0.244 e. The first-order valence-electron chi connectivity index (χ1n) is 15.8. The number of aromatic nitrogens is 4. The number of likely N-dealkylation sites (N-methyl/N-ethyl adjacent to an activating group) is 1. The van der Waals surface area contributed by atoms with Gasteiger partial charge in [-0.15, -0.1) is 0 Å². The third-order valence-electron chi connectivity index (χ3n) is 7.82. The van der Waals surface area contributed by atoms with Crippen LogP contribution in [-0.2, 0) is 27.4 Å². The number of nitrogens with one attached hydrogen (secondary N) is 1. The van der Waals surface area contributed by atoms with Crippen LogP contribution in [0.2, 0.25) is 0 Å². The van der Waals surface area contributed by atoms with Crippen LogP contribution in [-0.4, -0.2) is 94.9 Å². The third-order valence-corrected chi connectivity index (χ3v) is 7.82. The lowest BCUT2D eigenvalue weighted by atomic mass is 10.0. The lowest BCUT2D eigenvalue weighted by Crippen LogP contribution is -2.37. The van der Waals surface area contributed by atoms with E-state index in [0.29, 0.717) is 57.8 Å². The first-order chi connectivity index (χ1) is 22.5. The molecule has 0 saturated heterocycles. The fourth-order valence-corrected chi connectivity index (χ4v) is 5.13. The van der Waals surface area contributed by atoms with Gasteiger partial charge in [-0.1, -0.05) is 27.7 Å². The van der Waals surface area contributed by atoms with E-state index in [2.05, 4.69) is 15.5 Å². The molecule has 0 unspecified atom stereocenters. The topological polar surface area (TPSA) is 147 Å². The van der Waals surface area contributed by atoms with Gasteiger partial charge in [0.1, 0.15) is 36.0 Å². The third kappa shape index (κ3) is 8.15. The molecular weight excluding hydrogens is 604 g/mol. The summed E-state index contributed by atoms with van der Waals surface area (Å²) in [7, 11) is 3.11. The van der Waals surface area contributed by atoms with Gasteiger partial charge in [0.2, 0.25) is 11.8 Å². The Morgan fingerprint density at radius 3 is 1.77 bits per heavy atom. The van der Waals surface area contributed by atoms with Crippen molar-refractivity contribution >= 4 is 45.2 Å². The van der Waals surface area contributed by atoms with Crippen LogP contribution in [0.1, 0.15) is 55.6 Å². The highest BCUT2D eigenvalue weighted by Gasteiger charge is 2.23. The molecule has 13 nitrogen and oxygen atoms in total. The molecule has 4 aromatic rings. The first kappa shape index (κ1) is 35.1. The van der Waals surface area contributed by atoms with Crippen molar-refractivity contribution in [2.75, 3.05) is 47.1 Å². The number of hydrogen-bond acceptors (Lipinski definition) is 9. The lowest BCUT2D eigenvalue weighted by Gasteiger charge is -2.21. The van der Waals surface area contributed by atoms with Crippen molar-refractivity contribution in [1.82, 2.24) is 29.8 Å². The van der Waals surface area contributed by atoms with Gasteiger partial charge < -0.3 is 24.4 Å². The quantitative estimate of drug-likeness (QED) is 0.134. The molecule has 0 bridgehead atoms. The molecule has 2 aromatic heterocycles. The minimum atomic E-state index is -0.284. The monoisotopic (exact) mass is 648 g/mol. The molecule has 0 spiro atoms. The Kier molecular flexibility index (Phi) is 11.7. The van der Waals surface area contributed by atoms with Crippen LogP contribution < -0.4 is 14.8 Å². The van der Waals surface area contributed by atoms with Crippen LogP contribution >= 0.6 is 0 Å². The lowest BCUT2D eigenvalue weighted by molar-refractivity contribution is -0.132. The van der Waals surface area contributed by atoms with Crippen molar-refractivity contribution in [2.45, 2.75) is 47.7 Å². The van der Waals surface area contributed by atoms with Crippen LogP contribution in [0.25, 0.3) is 21.8 Å². The molecule has 0 aliphatic carbocycles. The average Bonchev–Trinajstić information content (AvgIpc) is 3.60. The standard InChI is InChI=1S/C34H44N6O7/c1-8-38(30(42)20-40-28-18-24(46-7)10-12-26(28)32(37-40)34(44)22(4)5)14-16-47-15-13-35-29(41)19-39-27-17-23(45-6)9-11-25(27)31(36-39)33(43)21(2)3/h9-12,17-18,21-22H,8,13-16,19-20H2,1-7H3,(H,35,41). The summed E-state index contributed by atoms with van der Waals surface area (Å²) in [6.45, 7) is 10.6. The van der Waals surface area contributed by atoms with E-state index < -0.39 is 0 Å². The molecule has 252 valence electrons. The number of amides is 2. The molecule has 47 heavy (non-hydrogen) atoms. The largest absolute Gasteiger partial charge is 0.497 e. The average molecular weight is 649 g/mol. The van der Waals surface area contributed by atoms with E-state index in [0.717, 1.165) is 0 Å². The molecule has 0 atom stereocenters. The minimum Gasteiger partial charge on any atom is -0.497 e. The number of ketones is 2. The number of methoxy groups -OCH3 is 2. The number of hydrogen-bond donors (Lipinski definition) is 1. The van der Waals surface area contributed by atoms with Gasteiger partial charge in [0.05, 0.1) is 38.5 Å². The van der Waals surface area contributed by atoms with Crippen LogP contribution in [0.4, 0.5) is 0 Å². The Balaban J connectivity index is 1.29. The second kappa shape index (κ2) is 15.7. The van der Waals surface area contributed by atoms with Gasteiger partial charge in [-0.05, 0) is 31.2 Å². The maximum atomic E-state index is 13.3. The van der Waals surface area contributed by atoms with Gasteiger partial charge in [-0.2, -0.15) is 10.2 Å². The fourth-order valence-electron chi connectivity index (χ4n) is 5.13. The van der Waals surface area contributed by atoms with E-state index in [1.165, 1.54) is 4.68 Å². The molecule has 0 fully saturated rings. The molecule has 4 rings (SSSR count). The van der Waals surface area contributed by atoms with Crippen molar-refractivity contribution in [2.24, 2.45) is 11.8 Å². The molecular formula is C34H44N6O7. The molecule has 0 aliphatic heterocycles. The van der Waals surface area contributed by atoms with E-state index in [1.54, 1.807) is 60.2 Å². The Morgan fingerprint density at radius 2 is 1.30 bits per heavy atom. The van der Waals surface area contributed by atoms with Gasteiger partial charge in [0, 0.05) is 54.4 Å². The molecule has 0 aliphatic rings. The highest BCUT2D eigenvalue weighted by molar-refractivity contribution is 6.08. The smallest absolute Gasteiger partial charge is 0.244 e. The van der Waals surface area contributed by atoms with E-state index in [9.17, 15) is 19.2 Å². The minimum absolute atomic E-state index is 0.0442. The number of benzene rings is 2. The predicted octanol–water partition coefficient (Wildman–Crippen LogP) is 3.76. The van der Waals surface area contributed by atoms with E-state index in [-0.39, 0.29) is 68.1 Å². The number of carbonyl (C=O) groups is 4. The van der Waals surface area contributed by atoms with Crippen molar-refractivity contribution < 1.29 is 33.4 Å². The summed E-state index contributed by atoms with van der Waals surface area (Å²) in [4.78, 5) is 53.2. The second-order valence-corrected chi connectivity index (χ2v) is 11.8. The highest BCUT2D eigenvalue weighted by atomic mass is 16.5. The van der Waals surface area contributed by atoms with Crippen molar-refractivity contribution in [3.63, 3.8) is 0 Å². The van der Waals surface area contributed by atoms with E-state index in [1.807, 2.05) is 34.6 Å². The summed E-state index contributed by atoms with van der Waals surface area (Å²) >= 11 is 0. The van der Waals surface area contributed by atoms with Crippen LogP contribution in [0.15, 0.2) is 36.4 Å². The highest BCUT2D eigenvalue weighted by Crippen LogP contribution is 2.27. The molecule has 2 amide bonds. The molecule has 2 heterocycles. The Bertz CT molecular complexity index is 1760. The molecule has 13 heteroatoms. The number of carbonyl (C=O) groups excluding carboxylic acids is 4. The zero-order valence-corrected chi connectivity index (χ0v) is 28.2. The molecule has 1 N–H and O–H groups in total. The normalized spacial score (nSPS) is 11.4. The van der Waals surface area contributed by atoms with E-state index in [4.69, 9.17) is 14.2 Å². The van der Waals surface area contributed by atoms with Crippen molar-refractivity contribution in [3.05, 3.63) is 47.8 Å². The zero-order chi connectivity index (χ0) is 34.2. The van der Waals surface area contributed by atoms with Gasteiger partial charge in [-0.3, -0.25) is 28.5 Å². The fraction of sp³-hybridized carbons (Fsp3) is 0.471. The predicted molar refractivity (Wildman–Crippen MR) is 177 cm³/mol. The first-order valence-corrected chi connectivity index (χ1v) is 15.8. The van der Waals surface area contributed by atoms with Gasteiger partial charge in [0.15, 0.2) is 11.6 Å². The molecule has 0 radical (unpaired) electrons. The van der Waals surface area contributed by atoms with Crippen LogP contribution in [0, 0.1) is 11.8 Å². The summed E-state index contributed by atoms with van der Waals surface area (Å²) in [6, 6.07) is 10.6. The summed E-state index contributed by atoms with van der Waals surface area (Å²) < 4.78 is 19.5. The Morgan fingerprint density at radius 1 is 0.787 bits per heavy atom. The number of fused-ring (bicyclic) bond motifs is 2. The SMILES string of the molecule is CCN(CCOCCNC(=O)Cn1nc(C(=O)C(C)C)c2ccc(OC)cc21)C(=O)Cn1nc(C(=O)C(C)C)c2ccc(OC)cc21. The van der Waals surface area contributed by atoms with Crippen LogP contribution in [0.5, 0.6) is 11.5 Å². The van der Waals surface area contributed by atoms with Gasteiger partial charge in [-0.25, -0.2) is 0 Å². The summed E-state index contributed by atoms with van der Waals surface area (Å²) in [6.07, 6.45) is 0. The Hall–Kier alpha value is -4.78. The van der Waals surface area contributed by atoms with Crippen molar-refractivity contribution in [1.29, 1.82) is 0 Å². The number of nitrogens with zero attached hydrogens (tertiary/aromatic N) is 5. The summed E-state index contributed by atoms with van der Waals surface area (Å²) in [5, 5.41) is 13.1. The second-order valence-electron chi connectivity index (χ2n) is 11.8. The molecule has 0 saturated carbocycles. The van der Waals surface area contributed by atoms with Gasteiger partial charge in [0.25, 0.3) is 0 Å².